The van der Waals surface area contributed by atoms with Gasteiger partial charge in [-0.2, -0.15) is 13.2 Å². The number of hydrogen-bond donors (Lipinski definition) is 3. The van der Waals surface area contributed by atoms with Gasteiger partial charge in [-0.25, -0.2) is 0 Å². The summed E-state index contributed by atoms with van der Waals surface area (Å²) in [5.74, 6) is 0. The van der Waals surface area contributed by atoms with E-state index in [9.17, 15) is 13.2 Å². The number of aromatic nitrogens is 1. The average Bonchev–Trinajstić information content (AvgIpc) is 2.41. The Morgan fingerprint density at radius 3 is 2.29 bits per heavy atom. The van der Waals surface area contributed by atoms with Crippen LogP contribution >= 0.6 is 12.2 Å². The number of pyridine rings is 1. The van der Waals surface area contributed by atoms with E-state index in [-0.39, 0.29) is 10.8 Å². The number of halogens is 3. The van der Waals surface area contributed by atoms with Crippen LogP contribution < -0.4 is 16.4 Å². The van der Waals surface area contributed by atoms with Crippen LogP contribution in [0.4, 0.5) is 30.2 Å². The van der Waals surface area contributed by atoms with Gasteiger partial charge in [-0.05, 0) is 42.5 Å². The first-order valence-corrected chi connectivity index (χ1v) is 6.21. The number of thiocarbonyl (C=S) groups is 1. The number of nitrogen functional groups attached to an aromatic ring is 1. The van der Waals surface area contributed by atoms with E-state index in [4.69, 9.17) is 18.0 Å². The smallest absolute Gasteiger partial charge is 0.399 e. The second-order valence-electron chi connectivity index (χ2n) is 4.16. The molecule has 0 aliphatic rings. The fourth-order valence-electron chi connectivity index (χ4n) is 1.52. The van der Waals surface area contributed by atoms with Crippen LogP contribution in [0, 0.1) is 0 Å². The molecular weight excluding hydrogens is 301 g/mol. The number of benzene rings is 1. The molecule has 2 aromatic rings. The third kappa shape index (κ3) is 4.32. The molecule has 1 heterocycles. The van der Waals surface area contributed by atoms with Crippen molar-refractivity contribution in [2.45, 2.75) is 6.18 Å². The number of hydrogen-bond acceptors (Lipinski definition) is 3. The monoisotopic (exact) mass is 312 g/mol. The molecule has 2 rings (SSSR count). The van der Waals surface area contributed by atoms with E-state index < -0.39 is 11.7 Å². The van der Waals surface area contributed by atoms with Crippen molar-refractivity contribution in [3.8, 4) is 0 Å². The van der Waals surface area contributed by atoms with E-state index in [1.54, 1.807) is 24.3 Å². The van der Waals surface area contributed by atoms with E-state index >= 15 is 0 Å². The molecule has 110 valence electrons. The topological polar surface area (TPSA) is 63.0 Å². The fourth-order valence-corrected chi connectivity index (χ4v) is 1.76. The highest BCUT2D eigenvalue weighted by Gasteiger charge is 2.31. The lowest BCUT2D eigenvalue weighted by Gasteiger charge is -2.12. The molecule has 0 spiro atoms. The Labute approximate surface area is 124 Å². The van der Waals surface area contributed by atoms with Gasteiger partial charge in [-0.1, -0.05) is 0 Å². The molecule has 0 saturated heterocycles. The lowest BCUT2D eigenvalue weighted by molar-refractivity contribution is -0.137. The van der Waals surface area contributed by atoms with Gasteiger partial charge in [-0.15, -0.1) is 0 Å². The Morgan fingerprint density at radius 2 is 1.67 bits per heavy atom. The number of nitrogens with two attached hydrogens (primary N) is 1. The maximum atomic E-state index is 12.6. The van der Waals surface area contributed by atoms with Crippen molar-refractivity contribution in [2.75, 3.05) is 16.4 Å². The zero-order valence-corrected chi connectivity index (χ0v) is 11.4. The summed E-state index contributed by atoms with van der Waals surface area (Å²) in [6, 6.07) is 7.69. The summed E-state index contributed by atoms with van der Waals surface area (Å²) in [5, 5.41) is 5.63. The fraction of sp³-hybridized carbons (Fsp3) is 0.0769. The van der Waals surface area contributed by atoms with Gasteiger partial charge in [0.15, 0.2) is 5.11 Å². The molecule has 0 amide bonds. The molecule has 4 N–H and O–H groups in total. The summed E-state index contributed by atoms with van der Waals surface area (Å²) in [5.41, 5.74) is 6.12. The largest absolute Gasteiger partial charge is 0.417 e. The van der Waals surface area contributed by atoms with Gasteiger partial charge in [0.25, 0.3) is 0 Å². The predicted octanol–water partition coefficient (Wildman–Crippen LogP) is 3.49. The van der Waals surface area contributed by atoms with Crippen LogP contribution in [0.1, 0.15) is 5.56 Å². The van der Waals surface area contributed by atoms with E-state index in [1.807, 2.05) is 0 Å². The van der Waals surface area contributed by atoms with E-state index in [1.165, 1.54) is 6.20 Å². The van der Waals surface area contributed by atoms with Gasteiger partial charge in [0.05, 0.1) is 17.4 Å². The molecule has 0 bridgehead atoms. The highest BCUT2D eigenvalue weighted by molar-refractivity contribution is 7.80. The summed E-state index contributed by atoms with van der Waals surface area (Å²) in [6.07, 6.45) is -2.44. The number of anilines is 3. The van der Waals surface area contributed by atoms with Gasteiger partial charge in [-0.3, -0.25) is 4.98 Å². The van der Waals surface area contributed by atoms with Crippen LogP contribution in [0.15, 0.2) is 42.7 Å². The van der Waals surface area contributed by atoms with Crippen molar-refractivity contribution in [3.05, 3.63) is 48.3 Å². The first-order valence-electron chi connectivity index (χ1n) is 5.80. The normalized spacial score (nSPS) is 11.0. The van der Waals surface area contributed by atoms with Gasteiger partial charge in [0.2, 0.25) is 0 Å². The Kier molecular flexibility index (Phi) is 4.27. The third-order valence-corrected chi connectivity index (χ3v) is 2.70. The molecule has 1 aromatic heterocycles. The Balaban J connectivity index is 2.04. The molecule has 0 aliphatic carbocycles. The second-order valence-corrected chi connectivity index (χ2v) is 4.57. The van der Waals surface area contributed by atoms with Crippen molar-refractivity contribution in [1.82, 2.24) is 4.98 Å². The minimum Gasteiger partial charge on any atom is -0.399 e. The Hall–Kier alpha value is -2.35. The molecule has 0 unspecified atom stereocenters. The Bertz CT molecular complexity index is 641. The summed E-state index contributed by atoms with van der Waals surface area (Å²) in [4.78, 5) is 3.54. The standard InChI is InChI=1S/C13H11F3N4S/c14-13(15,16)8-5-11(7-18-6-8)20-12(21)19-10-3-1-9(17)2-4-10/h1-7H,17H2,(H2,19,20,21). The summed E-state index contributed by atoms with van der Waals surface area (Å²) in [7, 11) is 0. The maximum absolute atomic E-state index is 12.6. The molecule has 0 fully saturated rings. The summed E-state index contributed by atoms with van der Waals surface area (Å²) < 4.78 is 37.7. The minimum absolute atomic E-state index is 0.151. The number of nitrogens with one attached hydrogen (secondary N) is 2. The molecule has 0 radical (unpaired) electrons. The van der Waals surface area contributed by atoms with Crippen LogP contribution in [0.25, 0.3) is 0 Å². The SMILES string of the molecule is Nc1ccc(NC(=S)Nc2cncc(C(F)(F)F)c2)cc1. The van der Waals surface area contributed by atoms with Crippen LogP contribution in [0.3, 0.4) is 0 Å². The highest BCUT2D eigenvalue weighted by atomic mass is 32.1. The lowest BCUT2D eigenvalue weighted by Crippen LogP contribution is -2.19. The van der Waals surface area contributed by atoms with Gasteiger partial charge in [0.1, 0.15) is 0 Å². The predicted molar refractivity (Wildman–Crippen MR) is 79.9 cm³/mol. The first kappa shape index (κ1) is 15.0. The second kappa shape index (κ2) is 5.96. The maximum Gasteiger partial charge on any atom is 0.417 e. The quantitative estimate of drug-likeness (QED) is 0.585. The number of rotatable bonds is 2. The third-order valence-electron chi connectivity index (χ3n) is 2.49. The molecule has 4 nitrogen and oxygen atoms in total. The van der Waals surface area contributed by atoms with Crippen LogP contribution in [0.5, 0.6) is 0 Å². The summed E-state index contributed by atoms with van der Waals surface area (Å²) >= 11 is 5.03. The minimum atomic E-state index is -4.45. The van der Waals surface area contributed by atoms with Crippen molar-refractivity contribution in [3.63, 3.8) is 0 Å². The lowest BCUT2D eigenvalue weighted by atomic mass is 10.2. The number of nitrogens with zero attached hydrogens (tertiary/aromatic N) is 1. The number of alkyl halides is 3. The van der Waals surface area contributed by atoms with Crippen molar-refractivity contribution < 1.29 is 13.2 Å². The Morgan fingerprint density at radius 1 is 1.05 bits per heavy atom. The highest BCUT2D eigenvalue weighted by Crippen LogP contribution is 2.29. The van der Waals surface area contributed by atoms with Gasteiger partial charge >= 0.3 is 6.18 Å². The zero-order valence-electron chi connectivity index (χ0n) is 10.6. The zero-order chi connectivity index (χ0) is 15.5. The van der Waals surface area contributed by atoms with Crippen molar-refractivity contribution in [2.24, 2.45) is 0 Å². The van der Waals surface area contributed by atoms with Crippen LogP contribution in [-0.4, -0.2) is 10.1 Å². The molecule has 0 saturated carbocycles. The average molecular weight is 312 g/mol. The molecule has 0 aliphatic heterocycles. The van der Waals surface area contributed by atoms with Gasteiger partial charge < -0.3 is 16.4 Å². The first-order chi connectivity index (χ1) is 9.84. The molecule has 21 heavy (non-hydrogen) atoms. The van der Waals surface area contributed by atoms with E-state index in [0.717, 1.165) is 12.3 Å². The van der Waals surface area contributed by atoms with E-state index in [2.05, 4.69) is 15.6 Å². The van der Waals surface area contributed by atoms with Crippen molar-refractivity contribution >= 4 is 34.4 Å². The molecular formula is C13H11F3N4S. The molecule has 1 aromatic carbocycles. The van der Waals surface area contributed by atoms with Crippen LogP contribution in [0.2, 0.25) is 0 Å². The molecule has 8 heteroatoms. The molecule has 0 atom stereocenters. The summed E-state index contributed by atoms with van der Waals surface area (Å²) in [6.45, 7) is 0. The van der Waals surface area contributed by atoms with Crippen LogP contribution in [-0.2, 0) is 6.18 Å². The van der Waals surface area contributed by atoms with E-state index in [0.29, 0.717) is 11.4 Å². The van der Waals surface area contributed by atoms with Crippen molar-refractivity contribution in [1.29, 1.82) is 0 Å². The van der Waals surface area contributed by atoms with Gasteiger partial charge in [0, 0.05) is 17.6 Å².